The highest BCUT2D eigenvalue weighted by molar-refractivity contribution is 5.93. The maximum absolute atomic E-state index is 14.1. The fraction of sp³-hybridized carbons (Fsp3) is 0.364. The Balaban J connectivity index is 1.12. The van der Waals surface area contributed by atoms with Crippen LogP contribution in [0.2, 0.25) is 0 Å². The molecule has 2 aromatic heterocycles. The van der Waals surface area contributed by atoms with Crippen LogP contribution in [0.5, 0.6) is 23.0 Å². The lowest BCUT2D eigenvalue weighted by molar-refractivity contribution is -0.123. The lowest BCUT2D eigenvalue weighted by Gasteiger charge is -2.31. The van der Waals surface area contributed by atoms with Crippen molar-refractivity contribution in [2.24, 2.45) is 0 Å². The maximum atomic E-state index is 14.1. The van der Waals surface area contributed by atoms with Crippen LogP contribution < -0.4 is 18.9 Å². The first kappa shape index (κ1) is 26.1. The summed E-state index contributed by atoms with van der Waals surface area (Å²) in [4.78, 5) is 14.1. The van der Waals surface area contributed by atoms with E-state index in [0.717, 1.165) is 60.1 Å². The molecular formula is C33H36N2O5. The molecule has 0 amide bonds. The van der Waals surface area contributed by atoms with Gasteiger partial charge in [0.2, 0.25) is 0 Å². The molecule has 6 rings (SSSR count). The molecule has 40 heavy (non-hydrogen) atoms. The number of hydrogen-bond acceptors (Lipinski definition) is 5. The van der Waals surface area contributed by atoms with Crippen molar-refractivity contribution >= 4 is 5.78 Å². The van der Waals surface area contributed by atoms with Crippen LogP contribution in [0.4, 0.5) is 0 Å². The minimum absolute atomic E-state index is 0.212. The quantitative estimate of drug-likeness (QED) is 0.199. The molecule has 0 fully saturated rings. The molecule has 208 valence electrons. The van der Waals surface area contributed by atoms with Crippen LogP contribution in [0.25, 0.3) is 0 Å². The van der Waals surface area contributed by atoms with Crippen LogP contribution in [-0.4, -0.2) is 41.3 Å². The van der Waals surface area contributed by atoms with E-state index in [-0.39, 0.29) is 17.6 Å². The third kappa shape index (κ3) is 6.03. The first-order valence-corrected chi connectivity index (χ1v) is 14.3. The van der Waals surface area contributed by atoms with Gasteiger partial charge in [-0.15, -0.1) is 0 Å². The Morgan fingerprint density at radius 2 is 1.15 bits per heavy atom. The Morgan fingerprint density at radius 1 is 0.700 bits per heavy atom. The van der Waals surface area contributed by atoms with Crippen molar-refractivity contribution in [3.05, 3.63) is 96.6 Å². The minimum atomic E-state index is -0.241. The number of hydrogen-bond donors (Lipinski definition) is 0. The fourth-order valence-electron chi connectivity index (χ4n) is 5.67. The molecule has 2 atom stereocenters. The number of carbonyl (C=O) groups is 1. The van der Waals surface area contributed by atoms with E-state index < -0.39 is 0 Å². The summed E-state index contributed by atoms with van der Waals surface area (Å²) in [5, 5.41) is 0. The standard InChI is InChI=1S/C33H36N2O5/c36-33(27-11-21-39-31-9-7-25(23-29(27)31)37-19-5-17-34-13-1-2-14-34)28-12-22-40-32-10-8-26(24-30(28)32)38-20-6-18-35-15-3-4-16-35/h1-4,7-10,13-16,23-24,27-28H,5-6,11-12,17-22H2. The number of ether oxygens (including phenoxy) is 4. The second-order valence-electron chi connectivity index (χ2n) is 10.4. The molecule has 4 heterocycles. The fourth-order valence-corrected chi connectivity index (χ4v) is 5.67. The molecular weight excluding hydrogens is 504 g/mol. The highest BCUT2D eigenvalue weighted by atomic mass is 16.5. The lowest BCUT2D eigenvalue weighted by Crippen LogP contribution is -2.29. The van der Waals surface area contributed by atoms with Gasteiger partial charge in [0.15, 0.2) is 0 Å². The zero-order valence-electron chi connectivity index (χ0n) is 22.7. The van der Waals surface area contributed by atoms with Gasteiger partial charge in [-0.1, -0.05) is 0 Å². The molecule has 0 saturated heterocycles. The Morgan fingerprint density at radius 3 is 1.60 bits per heavy atom. The molecule has 4 aromatic rings. The lowest BCUT2D eigenvalue weighted by atomic mass is 9.78. The molecule has 0 bridgehead atoms. The number of ketones is 1. The summed E-state index contributed by atoms with van der Waals surface area (Å²) in [6, 6.07) is 19.8. The molecule has 2 unspecified atom stereocenters. The smallest absolute Gasteiger partial charge is 0.148 e. The first-order chi connectivity index (χ1) is 19.7. The number of benzene rings is 2. The monoisotopic (exact) mass is 540 g/mol. The van der Waals surface area contributed by atoms with Crippen molar-refractivity contribution in [2.75, 3.05) is 26.4 Å². The molecule has 0 saturated carbocycles. The van der Waals surface area contributed by atoms with E-state index in [0.29, 0.717) is 39.3 Å². The SMILES string of the molecule is O=C(C1CCOc2ccc(OCCCn3cccc3)cc21)C1CCOc2ccc(OCCCn3cccc3)cc21. The predicted octanol–water partition coefficient (Wildman–Crippen LogP) is 6.23. The number of carbonyl (C=O) groups excluding carboxylic acids is 1. The zero-order chi connectivity index (χ0) is 27.1. The molecule has 0 N–H and O–H groups in total. The molecule has 0 spiro atoms. The summed E-state index contributed by atoms with van der Waals surface area (Å²) in [6.45, 7) is 4.09. The Hall–Kier alpha value is -4.13. The van der Waals surface area contributed by atoms with Crippen LogP contribution in [-0.2, 0) is 17.9 Å². The first-order valence-electron chi connectivity index (χ1n) is 14.3. The van der Waals surface area contributed by atoms with Crippen molar-refractivity contribution < 1.29 is 23.7 Å². The summed E-state index contributed by atoms with van der Waals surface area (Å²) >= 11 is 0. The highest BCUT2D eigenvalue weighted by Gasteiger charge is 2.36. The number of fused-ring (bicyclic) bond motifs is 2. The van der Waals surface area contributed by atoms with Gasteiger partial charge in [-0.25, -0.2) is 0 Å². The van der Waals surface area contributed by atoms with Gasteiger partial charge in [0.05, 0.1) is 38.3 Å². The van der Waals surface area contributed by atoms with Crippen LogP contribution in [0.3, 0.4) is 0 Å². The predicted molar refractivity (Wildman–Crippen MR) is 153 cm³/mol. The van der Waals surface area contributed by atoms with Gasteiger partial charge in [-0.2, -0.15) is 0 Å². The van der Waals surface area contributed by atoms with Gasteiger partial charge in [0.1, 0.15) is 28.8 Å². The summed E-state index contributed by atoms with van der Waals surface area (Å²) in [7, 11) is 0. The topological polar surface area (TPSA) is 63.9 Å². The van der Waals surface area contributed by atoms with Crippen LogP contribution in [0.1, 0.15) is 48.6 Å². The number of aryl methyl sites for hydroxylation is 2. The van der Waals surface area contributed by atoms with Crippen LogP contribution >= 0.6 is 0 Å². The van der Waals surface area contributed by atoms with Crippen molar-refractivity contribution in [1.29, 1.82) is 0 Å². The van der Waals surface area contributed by atoms with E-state index in [4.69, 9.17) is 18.9 Å². The summed E-state index contributed by atoms with van der Waals surface area (Å²) in [5.41, 5.74) is 1.84. The van der Waals surface area contributed by atoms with E-state index in [1.807, 2.05) is 60.7 Å². The summed E-state index contributed by atoms with van der Waals surface area (Å²) in [6.07, 6.45) is 11.3. The van der Waals surface area contributed by atoms with E-state index >= 15 is 0 Å². The minimum Gasteiger partial charge on any atom is -0.494 e. The number of rotatable bonds is 12. The van der Waals surface area contributed by atoms with Gasteiger partial charge in [-0.3, -0.25) is 4.79 Å². The van der Waals surface area contributed by atoms with Crippen molar-refractivity contribution in [3.63, 3.8) is 0 Å². The normalized spacial score (nSPS) is 17.7. The third-order valence-electron chi connectivity index (χ3n) is 7.72. The van der Waals surface area contributed by atoms with Crippen LogP contribution in [0, 0.1) is 0 Å². The van der Waals surface area contributed by atoms with Gasteiger partial charge in [0.25, 0.3) is 0 Å². The third-order valence-corrected chi connectivity index (χ3v) is 7.72. The van der Waals surface area contributed by atoms with E-state index in [1.54, 1.807) is 0 Å². The number of aromatic nitrogens is 2. The molecule has 7 nitrogen and oxygen atoms in total. The van der Waals surface area contributed by atoms with Crippen molar-refractivity contribution in [3.8, 4) is 23.0 Å². The molecule has 2 aliphatic rings. The van der Waals surface area contributed by atoms with Crippen molar-refractivity contribution in [2.45, 2.75) is 50.6 Å². The zero-order valence-corrected chi connectivity index (χ0v) is 22.7. The van der Waals surface area contributed by atoms with E-state index in [1.165, 1.54) is 0 Å². The van der Waals surface area contributed by atoms with Crippen molar-refractivity contribution in [1.82, 2.24) is 9.13 Å². The maximum Gasteiger partial charge on any atom is 0.148 e. The molecule has 0 radical (unpaired) electrons. The second kappa shape index (κ2) is 12.4. The Labute approximate surface area is 235 Å². The Kier molecular flexibility index (Phi) is 8.07. The summed E-state index contributed by atoms with van der Waals surface area (Å²) < 4.78 is 28.3. The molecule has 0 aliphatic carbocycles. The Bertz CT molecular complexity index is 1290. The van der Waals surface area contributed by atoms with Gasteiger partial charge < -0.3 is 28.1 Å². The highest BCUT2D eigenvalue weighted by Crippen LogP contribution is 2.44. The number of Topliss-reactive ketones (excluding diaryl/α,β-unsaturated/α-hetero) is 1. The summed E-state index contributed by atoms with van der Waals surface area (Å²) in [5.74, 6) is 2.83. The average Bonchev–Trinajstić information content (AvgIpc) is 3.71. The van der Waals surface area contributed by atoms with E-state index in [9.17, 15) is 4.79 Å². The van der Waals surface area contributed by atoms with Gasteiger partial charge >= 0.3 is 0 Å². The largest absolute Gasteiger partial charge is 0.494 e. The average molecular weight is 541 g/mol. The molecule has 2 aliphatic heterocycles. The number of nitrogens with zero attached hydrogens (tertiary/aromatic N) is 2. The van der Waals surface area contributed by atoms with Gasteiger partial charge in [0, 0.05) is 49.0 Å². The van der Waals surface area contributed by atoms with E-state index in [2.05, 4.69) is 33.9 Å². The van der Waals surface area contributed by atoms with Gasteiger partial charge in [-0.05, 0) is 86.3 Å². The molecule has 2 aromatic carbocycles. The van der Waals surface area contributed by atoms with Crippen LogP contribution in [0.15, 0.2) is 85.5 Å². The second-order valence-corrected chi connectivity index (χ2v) is 10.4. The molecule has 7 heteroatoms.